The molecule has 1 atom stereocenters. The zero-order valence-electron chi connectivity index (χ0n) is 10.2. The van der Waals surface area contributed by atoms with Crippen LogP contribution in [0.25, 0.3) is 0 Å². The standard InChI is InChI=1S/C12H15F2NO3/c1-17-11-8(13)5-7(6-9(11)14)3-4-10(15)12(16)18-2/h5-6,10H,3-4,15H2,1-2H3. The van der Waals surface area contributed by atoms with Crippen molar-refractivity contribution < 1.29 is 23.0 Å². The lowest BCUT2D eigenvalue weighted by molar-refractivity contribution is -0.142. The van der Waals surface area contributed by atoms with Gasteiger partial charge in [-0.25, -0.2) is 8.78 Å². The third-order valence-corrected chi connectivity index (χ3v) is 2.51. The van der Waals surface area contributed by atoms with E-state index in [9.17, 15) is 13.6 Å². The highest BCUT2D eigenvalue weighted by molar-refractivity contribution is 5.75. The van der Waals surface area contributed by atoms with Gasteiger partial charge in [-0.3, -0.25) is 4.79 Å². The number of methoxy groups -OCH3 is 2. The number of carbonyl (C=O) groups is 1. The van der Waals surface area contributed by atoms with Crippen LogP contribution in [-0.4, -0.2) is 26.2 Å². The Hall–Kier alpha value is -1.69. The van der Waals surface area contributed by atoms with Crippen LogP contribution in [-0.2, 0) is 16.0 Å². The normalized spacial score (nSPS) is 12.1. The van der Waals surface area contributed by atoms with E-state index >= 15 is 0 Å². The van der Waals surface area contributed by atoms with Crippen molar-refractivity contribution in [1.29, 1.82) is 0 Å². The zero-order chi connectivity index (χ0) is 13.7. The van der Waals surface area contributed by atoms with E-state index in [1.165, 1.54) is 14.2 Å². The Labute approximate surface area is 104 Å². The highest BCUT2D eigenvalue weighted by Crippen LogP contribution is 2.23. The largest absolute Gasteiger partial charge is 0.491 e. The molecule has 18 heavy (non-hydrogen) atoms. The van der Waals surface area contributed by atoms with Gasteiger partial charge in [-0.2, -0.15) is 0 Å². The first-order valence-corrected chi connectivity index (χ1v) is 5.35. The fourth-order valence-corrected chi connectivity index (χ4v) is 1.54. The molecule has 0 radical (unpaired) electrons. The highest BCUT2D eigenvalue weighted by atomic mass is 19.1. The van der Waals surface area contributed by atoms with Gasteiger partial charge in [0.05, 0.1) is 14.2 Å². The number of esters is 1. The average Bonchev–Trinajstić information content (AvgIpc) is 2.34. The van der Waals surface area contributed by atoms with Crippen molar-refractivity contribution in [1.82, 2.24) is 0 Å². The van der Waals surface area contributed by atoms with Crippen molar-refractivity contribution in [2.45, 2.75) is 18.9 Å². The number of halogens is 2. The number of hydrogen-bond acceptors (Lipinski definition) is 4. The van der Waals surface area contributed by atoms with Crippen molar-refractivity contribution in [2.75, 3.05) is 14.2 Å². The van der Waals surface area contributed by atoms with Crippen molar-refractivity contribution >= 4 is 5.97 Å². The summed E-state index contributed by atoms with van der Waals surface area (Å²) in [4.78, 5) is 11.1. The molecule has 2 N–H and O–H groups in total. The fraction of sp³-hybridized carbons (Fsp3) is 0.417. The number of aryl methyl sites for hydroxylation is 1. The number of nitrogens with two attached hydrogens (primary N) is 1. The van der Waals surface area contributed by atoms with Crippen LogP contribution in [0.2, 0.25) is 0 Å². The summed E-state index contributed by atoms with van der Waals surface area (Å²) in [5.74, 6) is -2.53. The van der Waals surface area contributed by atoms with Gasteiger partial charge in [-0.05, 0) is 30.5 Å². The maximum absolute atomic E-state index is 13.4. The highest BCUT2D eigenvalue weighted by Gasteiger charge is 2.15. The third-order valence-electron chi connectivity index (χ3n) is 2.51. The second-order valence-corrected chi connectivity index (χ2v) is 3.76. The van der Waals surface area contributed by atoms with Crippen LogP contribution in [0.3, 0.4) is 0 Å². The lowest BCUT2D eigenvalue weighted by Crippen LogP contribution is -2.31. The second-order valence-electron chi connectivity index (χ2n) is 3.76. The molecule has 0 saturated heterocycles. The Kier molecular flexibility index (Phi) is 5.03. The summed E-state index contributed by atoms with van der Waals surface area (Å²) in [6.07, 6.45) is 0.520. The molecule has 1 aromatic carbocycles. The first-order valence-electron chi connectivity index (χ1n) is 5.35. The van der Waals surface area contributed by atoms with Crippen LogP contribution in [0, 0.1) is 11.6 Å². The Bertz CT molecular complexity index is 414. The predicted octanol–water partition coefficient (Wildman–Crippen LogP) is 1.41. The average molecular weight is 259 g/mol. The molecule has 0 heterocycles. The van der Waals surface area contributed by atoms with Crippen LogP contribution in [0.1, 0.15) is 12.0 Å². The van der Waals surface area contributed by atoms with E-state index in [0.717, 1.165) is 12.1 Å². The number of benzene rings is 1. The lowest BCUT2D eigenvalue weighted by Gasteiger charge is -2.10. The minimum absolute atomic E-state index is 0.248. The number of ether oxygens (including phenoxy) is 2. The topological polar surface area (TPSA) is 61.5 Å². The number of carbonyl (C=O) groups excluding carboxylic acids is 1. The third kappa shape index (κ3) is 3.40. The van der Waals surface area contributed by atoms with Crippen LogP contribution in [0.4, 0.5) is 8.78 Å². The molecule has 1 unspecified atom stereocenters. The lowest BCUT2D eigenvalue weighted by atomic mass is 10.1. The van der Waals surface area contributed by atoms with E-state index in [-0.39, 0.29) is 12.8 Å². The van der Waals surface area contributed by atoms with Gasteiger partial charge in [0, 0.05) is 0 Å². The molecular formula is C12H15F2NO3. The van der Waals surface area contributed by atoms with Gasteiger partial charge in [-0.15, -0.1) is 0 Å². The Balaban J connectivity index is 2.72. The molecule has 0 amide bonds. The van der Waals surface area contributed by atoms with E-state index in [1.807, 2.05) is 0 Å². The summed E-state index contributed by atoms with van der Waals surface area (Å²) >= 11 is 0. The molecule has 0 aliphatic carbocycles. The predicted molar refractivity (Wildman–Crippen MR) is 61.2 cm³/mol. The first kappa shape index (κ1) is 14.4. The molecule has 6 heteroatoms. The van der Waals surface area contributed by atoms with E-state index in [2.05, 4.69) is 9.47 Å². The minimum atomic E-state index is -0.803. The quantitative estimate of drug-likeness (QED) is 0.812. The molecule has 4 nitrogen and oxygen atoms in total. The molecule has 0 aliphatic heterocycles. The van der Waals surface area contributed by atoms with E-state index < -0.39 is 29.4 Å². The monoisotopic (exact) mass is 259 g/mol. The smallest absolute Gasteiger partial charge is 0.322 e. The SMILES string of the molecule is COC(=O)C(N)CCc1cc(F)c(OC)c(F)c1. The molecule has 0 aliphatic rings. The summed E-state index contributed by atoms with van der Waals surface area (Å²) in [5.41, 5.74) is 5.93. The van der Waals surface area contributed by atoms with Gasteiger partial charge in [0.1, 0.15) is 6.04 Å². The summed E-state index contributed by atoms with van der Waals surface area (Å²) in [6.45, 7) is 0. The number of rotatable bonds is 5. The zero-order valence-corrected chi connectivity index (χ0v) is 10.2. The van der Waals surface area contributed by atoms with Gasteiger partial charge in [0.2, 0.25) is 0 Å². The van der Waals surface area contributed by atoms with Crippen LogP contribution in [0.5, 0.6) is 5.75 Å². The fourth-order valence-electron chi connectivity index (χ4n) is 1.54. The van der Waals surface area contributed by atoms with E-state index in [1.54, 1.807) is 0 Å². The molecule has 0 fully saturated rings. The summed E-state index contributed by atoms with van der Waals surface area (Å²) in [7, 11) is 2.42. The molecule has 0 spiro atoms. The maximum atomic E-state index is 13.4. The van der Waals surface area contributed by atoms with Crippen LogP contribution in [0.15, 0.2) is 12.1 Å². The molecular weight excluding hydrogens is 244 g/mol. The molecule has 100 valence electrons. The van der Waals surface area contributed by atoms with Crippen molar-refractivity contribution in [3.8, 4) is 5.75 Å². The van der Waals surface area contributed by atoms with Gasteiger partial charge in [0.15, 0.2) is 17.4 Å². The maximum Gasteiger partial charge on any atom is 0.322 e. The van der Waals surface area contributed by atoms with Crippen LogP contribution < -0.4 is 10.5 Å². The minimum Gasteiger partial charge on any atom is -0.491 e. The van der Waals surface area contributed by atoms with E-state index in [0.29, 0.717) is 5.56 Å². The summed E-state index contributed by atoms with van der Waals surface area (Å²) in [6, 6.07) is 1.51. The number of hydrogen-bond donors (Lipinski definition) is 1. The Morgan fingerprint density at radius 1 is 1.33 bits per heavy atom. The molecule has 1 rings (SSSR count). The van der Waals surface area contributed by atoms with Crippen molar-refractivity contribution in [3.05, 3.63) is 29.3 Å². The van der Waals surface area contributed by atoms with Gasteiger partial charge in [0.25, 0.3) is 0 Å². The molecule has 0 bridgehead atoms. The van der Waals surface area contributed by atoms with Crippen molar-refractivity contribution in [2.24, 2.45) is 5.73 Å². The Morgan fingerprint density at radius 3 is 2.33 bits per heavy atom. The van der Waals surface area contributed by atoms with Gasteiger partial charge in [-0.1, -0.05) is 0 Å². The first-order chi connectivity index (χ1) is 8.49. The molecule has 1 aromatic rings. The van der Waals surface area contributed by atoms with Crippen molar-refractivity contribution in [3.63, 3.8) is 0 Å². The van der Waals surface area contributed by atoms with Crippen LogP contribution >= 0.6 is 0 Å². The van der Waals surface area contributed by atoms with E-state index in [4.69, 9.17) is 5.73 Å². The van der Waals surface area contributed by atoms with Gasteiger partial charge >= 0.3 is 5.97 Å². The summed E-state index contributed by atoms with van der Waals surface area (Å²) in [5, 5.41) is 0. The second kappa shape index (κ2) is 6.30. The molecule has 0 aromatic heterocycles. The summed E-state index contributed by atoms with van der Waals surface area (Å²) < 4.78 is 35.8. The molecule has 0 saturated carbocycles. The Morgan fingerprint density at radius 2 is 1.89 bits per heavy atom. The van der Waals surface area contributed by atoms with Gasteiger partial charge < -0.3 is 15.2 Å².